The zero-order valence-corrected chi connectivity index (χ0v) is 40.0. The van der Waals surface area contributed by atoms with Crippen LogP contribution >= 0.6 is 0 Å². The molecule has 0 aromatic carbocycles. The molecule has 5 unspecified atom stereocenters. The fourth-order valence-corrected chi connectivity index (χ4v) is 15.0. The molecule has 0 aromatic rings. The summed E-state index contributed by atoms with van der Waals surface area (Å²) in [6, 6.07) is 0. The maximum absolute atomic E-state index is 12.6. The fraction of sp³-hybridized carbons (Fsp3) is 0.958. The van der Waals surface area contributed by atoms with Crippen molar-refractivity contribution in [2.45, 2.75) is 217 Å². The van der Waals surface area contributed by atoms with Crippen LogP contribution in [0.25, 0.3) is 0 Å². The second-order valence-electron chi connectivity index (χ2n) is 22.9. The van der Waals surface area contributed by atoms with Crippen LogP contribution in [0.3, 0.4) is 0 Å². The maximum Gasteiger partial charge on any atom is 0.187 e. The first-order valence-electron chi connectivity index (χ1n) is 24.4. The monoisotopic (exact) mass is 947 g/mol. The molecule has 26 atom stereocenters. The summed E-state index contributed by atoms with van der Waals surface area (Å²) in [5.41, 5.74) is -0.820. The Labute approximate surface area is 388 Å². The normalized spacial score (nSPS) is 51.8. The van der Waals surface area contributed by atoms with E-state index in [9.17, 15) is 61.3 Å². The SMILES string of the molecule is CC(C)=CC(C)C[C@](C)(O[C@@H]1O[C@H](CO)[C@@H](O)[C@H](O)[C@H]1O)[C@H]1CC[C@]2(C)C3CCC4C(C)(C)C(O[C@@H]5O[C@H](CO)[C@@H](O)[C@H](O)[C@H]5O[C@@H]5O[C@H](CO)[C@@H](O)[C@H](O)[C@H]5O)CC[C@]4(C)C3C[C@H](O)[C@@H]12. The van der Waals surface area contributed by atoms with Gasteiger partial charge in [-0.05, 0) is 124 Å². The molecule has 0 amide bonds. The van der Waals surface area contributed by atoms with Gasteiger partial charge in [0.2, 0.25) is 0 Å². The van der Waals surface area contributed by atoms with Gasteiger partial charge in [0, 0.05) is 0 Å². The van der Waals surface area contributed by atoms with Crippen molar-refractivity contribution in [3.8, 4) is 0 Å². The van der Waals surface area contributed by atoms with Gasteiger partial charge < -0.3 is 89.7 Å². The van der Waals surface area contributed by atoms with E-state index >= 15 is 0 Å². The van der Waals surface area contributed by atoms with Gasteiger partial charge in [0.15, 0.2) is 18.9 Å². The Balaban J connectivity index is 1.12. The van der Waals surface area contributed by atoms with Crippen LogP contribution in [0.15, 0.2) is 11.6 Å². The molecule has 3 saturated heterocycles. The third kappa shape index (κ3) is 9.23. The molecule has 4 aliphatic carbocycles. The van der Waals surface area contributed by atoms with Gasteiger partial charge in [0.1, 0.15) is 73.2 Å². The highest BCUT2D eigenvalue weighted by atomic mass is 16.8. The van der Waals surface area contributed by atoms with Crippen LogP contribution in [0.1, 0.15) is 107 Å². The van der Waals surface area contributed by atoms with Crippen LogP contribution in [0.5, 0.6) is 0 Å². The van der Waals surface area contributed by atoms with Crippen LogP contribution in [0.2, 0.25) is 0 Å². The van der Waals surface area contributed by atoms with E-state index in [1.54, 1.807) is 0 Å². The van der Waals surface area contributed by atoms with E-state index in [1.165, 1.54) is 0 Å². The van der Waals surface area contributed by atoms with Crippen molar-refractivity contribution >= 4 is 0 Å². The van der Waals surface area contributed by atoms with Crippen molar-refractivity contribution in [3.05, 3.63) is 11.6 Å². The molecule has 382 valence electrons. The molecule has 7 fully saturated rings. The molecule has 3 aliphatic heterocycles. The number of aliphatic hydroxyl groups excluding tert-OH is 12. The van der Waals surface area contributed by atoms with E-state index < -0.39 is 135 Å². The molecule has 7 rings (SSSR count). The zero-order chi connectivity index (χ0) is 48.6. The molecule has 0 bridgehead atoms. The van der Waals surface area contributed by atoms with E-state index in [1.807, 2.05) is 20.8 Å². The van der Waals surface area contributed by atoms with Crippen LogP contribution in [0.4, 0.5) is 0 Å². The number of rotatable bonds is 13. The van der Waals surface area contributed by atoms with Crippen molar-refractivity contribution in [3.63, 3.8) is 0 Å². The lowest BCUT2D eigenvalue weighted by molar-refractivity contribution is -0.378. The molecular formula is C48H82O18. The smallest absolute Gasteiger partial charge is 0.187 e. The van der Waals surface area contributed by atoms with Crippen LogP contribution in [-0.4, -0.2) is 191 Å². The van der Waals surface area contributed by atoms with Gasteiger partial charge in [-0.3, -0.25) is 0 Å². The van der Waals surface area contributed by atoms with E-state index in [-0.39, 0.29) is 46.3 Å². The minimum Gasteiger partial charge on any atom is -0.394 e. The lowest BCUT2D eigenvalue weighted by atomic mass is 9.39. The third-order valence-corrected chi connectivity index (χ3v) is 18.1. The van der Waals surface area contributed by atoms with Crippen molar-refractivity contribution in [1.82, 2.24) is 0 Å². The molecular weight excluding hydrogens is 865 g/mol. The number of allylic oxidation sites excluding steroid dienone is 2. The van der Waals surface area contributed by atoms with Gasteiger partial charge in [-0.1, -0.05) is 46.3 Å². The molecule has 18 nitrogen and oxygen atoms in total. The van der Waals surface area contributed by atoms with Gasteiger partial charge in [-0.25, -0.2) is 0 Å². The predicted octanol–water partition coefficient (Wildman–Crippen LogP) is -0.171. The molecule has 66 heavy (non-hydrogen) atoms. The Kier molecular flexibility index (Phi) is 15.9. The number of ether oxygens (including phenoxy) is 6. The van der Waals surface area contributed by atoms with Gasteiger partial charge in [0.05, 0.1) is 37.6 Å². The van der Waals surface area contributed by atoms with Crippen molar-refractivity contribution in [2.75, 3.05) is 19.8 Å². The highest BCUT2D eigenvalue weighted by Crippen LogP contribution is 2.71. The highest BCUT2D eigenvalue weighted by molar-refractivity contribution is 5.17. The van der Waals surface area contributed by atoms with E-state index in [0.29, 0.717) is 19.3 Å². The second kappa shape index (κ2) is 19.9. The minimum atomic E-state index is -1.79. The number of hydrogen-bond acceptors (Lipinski definition) is 18. The van der Waals surface area contributed by atoms with Crippen LogP contribution < -0.4 is 0 Å². The second-order valence-corrected chi connectivity index (χ2v) is 22.9. The molecule has 0 aromatic heterocycles. The third-order valence-electron chi connectivity index (χ3n) is 18.1. The van der Waals surface area contributed by atoms with Crippen molar-refractivity contribution in [1.29, 1.82) is 0 Å². The Morgan fingerprint density at radius 2 is 1.17 bits per heavy atom. The first kappa shape index (κ1) is 52.8. The Morgan fingerprint density at radius 3 is 1.74 bits per heavy atom. The summed E-state index contributed by atoms with van der Waals surface area (Å²) in [6.45, 7) is 15.2. The molecule has 7 aliphatic rings. The summed E-state index contributed by atoms with van der Waals surface area (Å²) in [6.07, 6.45) is -15.9. The van der Waals surface area contributed by atoms with E-state index in [0.717, 1.165) is 37.7 Å². The first-order valence-corrected chi connectivity index (χ1v) is 24.4. The largest absolute Gasteiger partial charge is 0.394 e. The average Bonchev–Trinajstić information content (AvgIpc) is 3.64. The Hall–Kier alpha value is -0.980. The van der Waals surface area contributed by atoms with Crippen LogP contribution in [-0.2, 0) is 28.4 Å². The van der Waals surface area contributed by atoms with Gasteiger partial charge >= 0.3 is 0 Å². The predicted molar refractivity (Wildman–Crippen MR) is 234 cm³/mol. The standard InChI is InChI=1S/C48H82O18/c1-21(2)15-22(3)17-48(8,66-43-40(60)37(57)34(54)28(19-50)62-43)24-11-13-47(7)23-9-10-30-45(4,5)31(12-14-46(30,6)25(23)16-26(52)32(24)47)64-44-41(38(58)35(55)29(20-51)63-44)65-42-39(59)36(56)33(53)27(18-49)61-42/h15,22-44,49-60H,9-14,16-20H2,1-8H3/t22?,23?,24-,25?,26-,27+,28+,29+,30?,31?,32+,33+,34+,35+,36-,37-,38-,39+,40+,41+,42-,43-,44-,46+,47+,48-/m0/s1. The lowest BCUT2D eigenvalue weighted by Crippen LogP contribution is -2.66. The summed E-state index contributed by atoms with van der Waals surface area (Å²) in [4.78, 5) is 0. The Morgan fingerprint density at radius 1 is 0.636 bits per heavy atom. The molecule has 12 N–H and O–H groups in total. The zero-order valence-electron chi connectivity index (χ0n) is 40.0. The fourth-order valence-electron chi connectivity index (χ4n) is 15.0. The topological polar surface area (TPSA) is 298 Å². The van der Waals surface area contributed by atoms with E-state index in [4.69, 9.17) is 28.4 Å². The quantitative estimate of drug-likeness (QED) is 0.0843. The summed E-state index contributed by atoms with van der Waals surface area (Å²) < 4.78 is 37.2. The summed E-state index contributed by atoms with van der Waals surface area (Å²) >= 11 is 0. The maximum atomic E-state index is 12.6. The first-order chi connectivity index (χ1) is 30.9. The van der Waals surface area contributed by atoms with Crippen molar-refractivity contribution < 1.29 is 89.7 Å². The van der Waals surface area contributed by atoms with Gasteiger partial charge in [-0.15, -0.1) is 0 Å². The number of fused-ring (bicyclic) bond motifs is 5. The summed E-state index contributed by atoms with van der Waals surface area (Å²) in [7, 11) is 0. The molecule has 0 spiro atoms. The average molecular weight is 947 g/mol. The number of aliphatic hydroxyl groups is 12. The van der Waals surface area contributed by atoms with Gasteiger partial charge in [-0.2, -0.15) is 0 Å². The molecule has 4 saturated carbocycles. The Bertz CT molecular complexity index is 1660. The van der Waals surface area contributed by atoms with E-state index in [2.05, 4.69) is 40.7 Å². The molecule has 0 radical (unpaired) electrons. The van der Waals surface area contributed by atoms with Crippen LogP contribution in [0, 0.1) is 51.8 Å². The van der Waals surface area contributed by atoms with Gasteiger partial charge in [0.25, 0.3) is 0 Å². The minimum absolute atomic E-state index is 0.0515. The molecule has 18 heteroatoms. The van der Waals surface area contributed by atoms with Crippen molar-refractivity contribution in [2.24, 2.45) is 51.8 Å². The lowest BCUT2D eigenvalue weighted by Gasteiger charge is -2.66. The molecule has 3 heterocycles. The summed E-state index contributed by atoms with van der Waals surface area (Å²) in [5.74, 6) is 0.253. The highest BCUT2D eigenvalue weighted by Gasteiger charge is 2.68. The number of hydrogen-bond donors (Lipinski definition) is 12. The summed E-state index contributed by atoms with van der Waals surface area (Å²) in [5, 5.41) is 129.